The van der Waals surface area contributed by atoms with Crippen LogP contribution in [0.4, 0.5) is 5.69 Å². The molecule has 0 aromatic heterocycles. The van der Waals surface area contributed by atoms with Gasteiger partial charge < -0.3 is 10.1 Å². The molecule has 1 N–H and O–H groups in total. The molecule has 0 aliphatic heterocycles. The Labute approximate surface area is 164 Å². The number of fused-ring (bicyclic) bond motifs is 1. The third-order valence-corrected chi connectivity index (χ3v) is 5.78. The Morgan fingerprint density at radius 3 is 2.54 bits per heavy atom. The minimum atomic E-state index is -3.36. The zero-order valence-electron chi connectivity index (χ0n) is 15.7. The molecule has 0 saturated carbocycles. The highest BCUT2D eigenvalue weighted by molar-refractivity contribution is 7.90. The van der Waals surface area contributed by atoms with Crippen LogP contribution in [0.25, 0.3) is 0 Å². The normalized spacial score (nSPS) is 13.5. The second-order valence-electron chi connectivity index (χ2n) is 7.00. The Bertz CT molecular complexity index is 998. The van der Waals surface area contributed by atoms with Crippen LogP contribution in [0.5, 0.6) is 0 Å². The number of rotatable bonds is 6. The number of aryl methyl sites for hydroxylation is 2. The fourth-order valence-electron chi connectivity index (χ4n) is 3.26. The van der Waals surface area contributed by atoms with E-state index in [1.165, 1.54) is 42.2 Å². The van der Waals surface area contributed by atoms with E-state index < -0.39 is 28.3 Å². The Morgan fingerprint density at radius 1 is 1.04 bits per heavy atom. The van der Waals surface area contributed by atoms with Crippen LogP contribution < -0.4 is 5.32 Å². The summed E-state index contributed by atoms with van der Waals surface area (Å²) in [7, 11) is -3.36. The zero-order chi connectivity index (χ0) is 20.1. The highest BCUT2D eigenvalue weighted by Gasteiger charge is 2.13. The van der Waals surface area contributed by atoms with Gasteiger partial charge in [-0.05, 0) is 60.6 Å². The molecule has 148 valence electrons. The maximum Gasteiger partial charge on any atom is 0.310 e. The molecule has 1 amide bonds. The molecule has 0 radical (unpaired) electrons. The third-order valence-electron chi connectivity index (χ3n) is 4.67. The highest BCUT2D eigenvalue weighted by atomic mass is 32.2. The van der Waals surface area contributed by atoms with Crippen LogP contribution in [0.3, 0.4) is 0 Å². The molecule has 1 aliphatic carbocycles. The van der Waals surface area contributed by atoms with Crippen molar-refractivity contribution in [1.82, 2.24) is 0 Å². The third kappa shape index (κ3) is 5.42. The summed E-state index contributed by atoms with van der Waals surface area (Å²) >= 11 is 0. The molecular formula is C21H23NO5S. The van der Waals surface area contributed by atoms with Crippen LogP contribution in [0.1, 0.15) is 29.5 Å². The van der Waals surface area contributed by atoms with Gasteiger partial charge in [-0.2, -0.15) is 0 Å². The number of nitrogens with one attached hydrogen (secondary N) is 1. The SMILES string of the molecule is CS(=O)(=O)c1cccc(NC(=O)COC(=O)Cc2ccc3c(c2)CCCC3)c1. The monoisotopic (exact) mass is 401 g/mol. The molecule has 0 atom stereocenters. The first-order valence-electron chi connectivity index (χ1n) is 9.17. The number of ether oxygens (including phenoxy) is 1. The first kappa shape index (κ1) is 20.1. The molecule has 6 nitrogen and oxygen atoms in total. The van der Waals surface area contributed by atoms with Gasteiger partial charge in [-0.15, -0.1) is 0 Å². The van der Waals surface area contributed by atoms with Crippen molar-refractivity contribution in [2.45, 2.75) is 37.0 Å². The molecule has 28 heavy (non-hydrogen) atoms. The van der Waals surface area contributed by atoms with Crippen molar-refractivity contribution < 1.29 is 22.7 Å². The van der Waals surface area contributed by atoms with E-state index >= 15 is 0 Å². The van der Waals surface area contributed by atoms with Gasteiger partial charge in [0.2, 0.25) is 0 Å². The van der Waals surface area contributed by atoms with Crippen molar-refractivity contribution in [2.75, 3.05) is 18.2 Å². The molecule has 0 fully saturated rings. The molecule has 0 spiro atoms. The topological polar surface area (TPSA) is 89.5 Å². The Balaban J connectivity index is 1.51. The fraction of sp³-hybridized carbons (Fsp3) is 0.333. The van der Waals surface area contributed by atoms with Gasteiger partial charge in [0.25, 0.3) is 5.91 Å². The molecule has 3 rings (SSSR count). The smallest absolute Gasteiger partial charge is 0.310 e. The molecule has 0 saturated heterocycles. The van der Waals surface area contributed by atoms with Crippen LogP contribution in [0, 0.1) is 0 Å². The van der Waals surface area contributed by atoms with Crippen molar-refractivity contribution in [3.8, 4) is 0 Å². The molecule has 1 aliphatic rings. The van der Waals surface area contributed by atoms with Gasteiger partial charge in [0, 0.05) is 11.9 Å². The predicted molar refractivity (Wildman–Crippen MR) is 106 cm³/mol. The maximum absolute atomic E-state index is 12.0. The Kier molecular flexibility index (Phi) is 6.14. The van der Waals surface area contributed by atoms with Gasteiger partial charge in [0.1, 0.15) is 0 Å². The summed E-state index contributed by atoms with van der Waals surface area (Å²) in [6, 6.07) is 12.0. The van der Waals surface area contributed by atoms with Gasteiger partial charge in [0.05, 0.1) is 11.3 Å². The predicted octanol–water partition coefficient (Wildman–Crippen LogP) is 2.69. The number of benzene rings is 2. The standard InChI is InChI=1S/C21H23NO5S/c1-28(25,26)19-8-4-7-18(13-19)22-20(23)14-27-21(24)12-15-9-10-16-5-2-3-6-17(16)11-15/h4,7-11,13H,2-3,5-6,12,14H2,1H3,(H,22,23). The summed E-state index contributed by atoms with van der Waals surface area (Å²) in [6.07, 6.45) is 5.70. The van der Waals surface area contributed by atoms with Crippen LogP contribution in [0.15, 0.2) is 47.4 Å². The van der Waals surface area contributed by atoms with E-state index in [4.69, 9.17) is 4.74 Å². The number of esters is 1. The Hall–Kier alpha value is -2.67. The van der Waals surface area contributed by atoms with Crippen molar-refractivity contribution >= 4 is 27.4 Å². The number of sulfone groups is 1. The van der Waals surface area contributed by atoms with Crippen molar-refractivity contribution in [3.63, 3.8) is 0 Å². The van der Waals surface area contributed by atoms with Crippen LogP contribution >= 0.6 is 0 Å². The summed E-state index contributed by atoms with van der Waals surface area (Å²) < 4.78 is 28.2. The summed E-state index contributed by atoms with van der Waals surface area (Å²) in [4.78, 5) is 24.1. The lowest BCUT2D eigenvalue weighted by molar-refractivity contribution is -0.146. The van der Waals surface area contributed by atoms with Crippen LogP contribution in [-0.4, -0.2) is 33.2 Å². The maximum atomic E-state index is 12.0. The lowest BCUT2D eigenvalue weighted by Crippen LogP contribution is -2.21. The minimum Gasteiger partial charge on any atom is -0.455 e. The molecule has 2 aromatic carbocycles. The second kappa shape index (κ2) is 8.56. The Morgan fingerprint density at radius 2 is 1.79 bits per heavy atom. The summed E-state index contributed by atoms with van der Waals surface area (Å²) in [5.74, 6) is -1.000. The minimum absolute atomic E-state index is 0.106. The van der Waals surface area contributed by atoms with E-state index in [1.54, 1.807) is 6.07 Å². The molecule has 0 heterocycles. The number of carbonyl (C=O) groups excluding carboxylic acids is 2. The lowest BCUT2D eigenvalue weighted by Gasteiger charge is -2.16. The summed E-state index contributed by atoms with van der Waals surface area (Å²) in [6.45, 7) is -0.424. The van der Waals surface area contributed by atoms with Gasteiger partial charge in [-0.25, -0.2) is 8.42 Å². The van der Waals surface area contributed by atoms with E-state index in [9.17, 15) is 18.0 Å². The van der Waals surface area contributed by atoms with Crippen LogP contribution in [-0.2, 0) is 43.4 Å². The van der Waals surface area contributed by atoms with Gasteiger partial charge >= 0.3 is 5.97 Å². The van der Waals surface area contributed by atoms with Gasteiger partial charge in [-0.3, -0.25) is 9.59 Å². The number of hydrogen-bond donors (Lipinski definition) is 1. The molecule has 0 bridgehead atoms. The zero-order valence-corrected chi connectivity index (χ0v) is 16.6. The van der Waals surface area contributed by atoms with Crippen molar-refractivity contribution in [3.05, 3.63) is 59.2 Å². The number of amides is 1. The van der Waals surface area contributed by atoms with E-state index in [-0.39, 0.29) is 11.3 Å². The largest absolute Gasteiger partial charge is 0.455 e. The molecule has 7 heteroatoms. The summed E-state index contributed by atoms with van der Waals surface area (Å²) in [5, 5.41) is 2.53. The van der Waals surface area contributed by atoms with Crippen molar-refractivity contribution in [1.29, 1.82) is 0 Å². The van der Waals surface area contributed by atoms with E-state index in [1.807, 2.05) is 12.1 Å². The van der Waals surface area contributed by atoms with Gasteiger partial charge in [0.15, 0.2) is 16.4 Å². The average molecular weight is 401 g/mol. The molecule has 2 aromatic rings. The first-order chi connectivity index (χ1) is 13.3. The van der Waals surface area contributed by atoms with E-state index in [0.29, 0.717) is 5.69 Å². The number of hydrogen-bond acceptors (Lipinski definition) is 5. The second-order valence-corrected chi connectivity index (χ2v) is 9.01. The number of carbonyl (C=O) groups is 2. The van der Waals surface area contributed by atoms with Gasteiger partial charge in [-0.1, -0.05) is 24.3 Å². The average Bonchev–Trinajstić information content (AvgIpc) is 2.66. The van der Waals surface area contributed by atoms with E-state index in [2.05, 4.69) is 11.4 Å². The first-order valence-corrected chi connectivity index (χ1v) is 11.1. The summed E-state index contributed by atoms with van der Waals surface area (Å²) in [5.41, 5.74) is 3.85. The number of anilines is 1. The quantitative estimate of drug-likeness (QED) is 0.752. The fourth-order valence-corrected chi connectivity index (χ4v) is 3.93. The highest BCUT2D eigenvalue weighted by Crippen LogP contribution is 2.22. The van der Waals surface area contributed by atoms with E-state index in [0.717, 1.165) is 24.7 Å². The molecule has 0 unspecified atom stereocenters. The van der Waals surface area contributed by atoms with Crippen LogP contribution in [0.2, 0.25) is 0 Å². The molecular weight excluding hydrogens is 378 g/mol. The van der Waals surface area contributed by atoms with Crippen molar-refractivity contribution in [2.24, 2.45) is 0 Å². The lowest BCUT2D eigenvalue weighted by atomic mass is 9.90.